The largest absolute Gasteiger partial charge is 0.506 e. The molecule has 1 aliphatic heterocycles. The van der Waals surface area contributed by atoms with Crippen molar-refractivity contribution >= 4 is 57.0 Å². The summed E-state index contributed by atoms with van der Waals surface area (Å²) in [5.41, 5.74) is 5.78. The molecule has 0 aliphatic carbocycles. The van der Waals surface area contributed by atoms with Crippen molar-refractivity contribution in [2.24, 2.45) is 10.7 Å². The Bertz CT molecular complexity index is 1180. The number of β-amino-alcohol motifs (C(OH)–C–C–N with tert-alkyl or cyclic N) is 1. The maximum Gasteiger partial charge on any atom is 0.305 e. The summed E-state index contributed by atoms with van der Waals surface area (Å²) in [6.07, 6.45) is 1.29. The number of pyridine rings is 1. The van der Waals surface area contributed by atoms with Gasteiger partial charge in [-0.05, 0) is 34.1 Å². The molecule has 35 heavy (non-hydrogen) atoms. The molecule has 2 amide bonds. The predicted octanol–water partition coefficient (Wildman–Crippen LogP) is 1.08. The first-order valence-electron chi connectivity index (χ1n) is 10.2. The lowest BCUT2D eigenvalue weighted by Gasteiger charge is -2.30. The fourth-order valence-corrected chi connectivity index (χ4v) is 4.22. The Morgan fingerprint density at radius 1 is 1.31 bits per heavy atom. The molecule has 1 aromatic carbocycles. The maximum atomic E-state index is 13.5. The summed E-state index contributed by atoms with van der Waals surface area (Å²) in [4.78, 5) is 46.8. The number of carboxylic acids is 1. The molecule has 0 saturated heterocycles. The second-order valence-corrected chi connectivity index (χ2v) is 8.81. The number of halogens is 2. The number of nitrogens with one attached hydrogen (secondary N) is 2. The number of nitrogens with zero attached hydrogens (tertiary/aromatic N) is 3. The summed E-state index contributed by atoms with van der Waals surface area (Å²) in [6.45, 7) is -0.124. The zero-order valence-corrected chi connectivity index (χ0v) is 20.5. The normalized spacial score (nSPS) is 16.0. The van der Waals surface area contributed by atoms with Crippen molar-refractivity contribution in [1.29, 1.82) is 0 Å². The van der Waals surface area contributed by atoms with Crippen LogP contribution in [0, 0.1) is 0 Å². The van der Waals surface area contributed by atoms with Gasteiger partial charge < -0.3 is 31.7 Å². The molecule has 2 unspecified atom stereocenters. The highest BCUT2D eigenvalue weighted by Gasteiger charge is 2.35. The van der Waals surface area contributed by atoms with Crippen LogP contribution in [0.15, 0.2) is 40.1 Å². The number of aliphatic carboxylic acids is 1. The molecule has 2 aromatic rings. The third-order valence-corrected chi connectivity index (χ3v) is 5.79. The lowest BCUT2D eigenvalue weighted by Crippen LogP contribution is -2.44. The molecule has 0 fully saturated rings. The van der Waals surface area contributed by atoms with Gasteiger partial charge in [-0.3, -0.25) is 29.3 Å². The SMILES string of the molecule is NCC(=O)N(C(=O)c1cncc(NC2=NCC(O)CN2)c1)C(CC(=O)O)c1cc(Cl)cc(Br)c1O. The zero-order chi connectivity index (χ0) is 25.7. The highest BCUT2D eigenvalue weighted by atomic mass is 79.9. The number of hydrogen-bond acceptors (Lipinski definition) is 10. The smallest absolute Gasteiger partial charge is 0.305 e. The van der Waals surface area contributed by atoms with Crippen LogP contribution in [0.4, 0.5) is 5.69 Å². The number of benzene rings is 1. The number of carboxylic acid groups (broad SMARTS) is 1. The fraction of sp³-hybridized carbons (Fsp3) is 0.286. The number of aliphatic hydroxyl groups excluding tert-OH is 1. The van der Waals surface area contributed by atoms with Crippen LogP contribution in [0.25, 0.3) is 0 Å². The number of aromatic hydroxyl groups is 1. The van der Waals surface area contributed by atoms with Crippen LogP contribution in [0.2, 0.25) is 5.02 Å². The van der Waals surface area contributed by atoms with E-state index in [1.54, 1.807) is 0 Å². The molecule has 1 aromatic heterocycles. The number of phenolic OH excluding ortho intramolecular Hbond substituents is 1. The first-order valence-corrected chi connectivity index (χ1v) is 11.4. The minimum Gasteiger partial charge on any atom is -0.506 e. The Morgan fingerprint density at radius 2 is 2.06 bits per heavy atom. The van der Waals surface area contributed by atoms with E-state index in [-0.39, 0.29) is 39.5 Å². The van der Waals surface area contributed by atoms with E-state index in [1.165, 1.54) is 30.6 Å². The number of amides is 2. The Labute approximate surface area is 212 Å². The van der Waals surface area contributed by atoms with Crippen molar-refractivity contribution in [3.63, 3.8) is 0 Å². The summed E-state index contributed by atoms with van der Waals surface area (Å²) in [6, 6.07) is 2.63. The van der Waals surface area contributed by atoms with Crippen LogP contribution in [0.3, 0.4) is 0 Å². The number of carbonyl (C=O) groups excluding carboxylic acids is 2. The molecular weight excluding hydrogens is 548 g/mol. The Hall–Kier alpha value is -3.26. The van der Waals surface area contributed by atoms with Gasteiger partial charge >= 0.3 is 5.97 Å². The summed E-state index contributed by atoms with van der Waals surface area (Å²) in [7, 11) is 0. The van der Waals surface area contributed by atoms with E-state index >= 15 is 0 Å². The highest BCUT2D eigenvalue weighted by molar-refractivity contribution is 9.10. The summed E-state index contributed by atoms with van der Waals surface area (Å²) in [5.74, 6) is -3.10. The predicted molar refractivity (Wildman–Crippen MR) is 130 cm³/mol. The van der Waals surface area contributed by atoms with Crippen molar-refractivity contribution in [2.45, 2.75) is 18.6 Å². The molecule has 2 heterocycles. The van der Waals surface area contributed by atoms with E-state index in [1.807, 2.05) is 0 Å². The zero-order valence-electron chi connectivity index (χ0n) is 18.1. The van der Waals surface area contributed by atoms with E-state index in [0.717, 1.165) is 0 Å². The van der Waals surface area contributed by atoms with Crippen LogP contribution in [-0.2, 0) is 9.59 Å². The molecule has 0 bridgehead atoms. The van der Waals surface area contributed by atoms with Crippen molar-refractivity contribution < 1.29 is 29.7 Å². The van der Waals surface area contributed by atoms with Crippen LogP contribution >= 0.6 is 27.5 Å². The quantitative estimate of drug-likeness (QED) is 0.281. The average Bonchev–Trinajstić information content (AvgIpc) is 2.82. The second kappa shape index (κ2) is 11.4. The van der Waals surface area contributed by atoms with E-state index in [4.69, 9.17) is 17.3 Å². The van der Waals surface area contributed by atoms with Crippen molar-refractivity contribution in [3.05, 3.63) is 51.2 Å². The number of aliphatic imine (C=N–C) groups is 1. The first kappa shape index (κ1) is 26.3. The van der Waals surface area contributed by atoms with Crippen molar-refractivity contribution in [2.75, 3.05) is 25.0 Å². The number of guanidine groups is 1. The molecule has 0 saturated carbocycles. The Kier molecular flexibility index (Phi) is 8.62. The molecular formula is C21H22BrClN6O6. The van der Waals surface area contributed by atoms with Gasteiger partial charge in [0.15, 0.2) is 5.96 Å². The van der Waals surface area contributed by atoms with Crippen LogP contribution in [-0.4, -0.2) is 74.7 Å². The molecule has 3 rings (SSSR count). The number of rotatable bonds is 7. The number of imide groups is 1. The maximum absolute atomic E-state index is 13.5. The number of hydrogen-bond donors (Lipinski definition) is 6. The molecule has 186 valence electrons. The number of anilines is 1. The Morgan fingerprint density at radius 3 is 2.69 bits per heavy atom. The minimum atomic E-state index is -1.42. The molecule has 14 heteroatoms. The first-order chi connectivity index (χ1) is 16.6. The molecule has 0 radical (unpaired) electrons. The Balaban J connectivity index is 2.01. The van der Waals surface area contributed by atoms with E-state index in [9.17, 15) is 29.7 Å². The average molecular weight is 570 g/mol. The lowest BCUT2D eigenvalue weighted by atomic mass is 9.99. The molecule has 2 atom stereocenters. The number of nitrogens with two attached hydrogens (primary N) is 1. The van der Waals surface area contributed by atoms with Gasteiger partial charge in [-0.15, -0.1) is 0 Å². The van der Waals surface area contributed by atoms with E-state index < -0.39 is 42.9 Å². The lowest BCUT2D eigenvalue weighted by molar-refractivity contribution is -0.139. The fourth-order valence-electron chi connectivity index (χ4n) is 3.39. The van der Waals surface area contributed by atoms with Gasteiger partial charge in [0.2, 0.25) is 5.91 Å². The van der Waals surface area contributed by atoms with Gasteiger partial charge in [0.25, 0.3) is 5.91 Å². The van der Waals surface area contributed by atoms with Crippen LogP contribution in [0.1, 0.15) is 28.4 Å². The third kappa shape index (κ3) is 6.45. The molecule has 0 spiro atoms. The molecule has 12 nitrogen and oxygen atoms in total. The minimum absolute atomic E-state index is 0.0517. The van der Waals surface area contributed by atoms with Gasteiger partial charge in [-0.1, -0.05) is 11.6 Å². The van der Waals surface area contributed by atoms with Gasteiger partial charge in [0.1, 0.15) is 5.75 Å². The summed E-state index contributed by atoms with van der Waals surface area (Å²) in [5, 5.41) is 35.6. The number of carbonyl (C=O) groups is 3. The number of aromatic nitrogens is 1. The van der Waals surface area contributed by atoms with E-state index in [2.05, 4.69) is 36.5 Å². The van der Waals surface area contributed by atoms with Crippen LogP contribution in [0.5, 0.6) is 5.75 Å². The number of aliphatic hydroxyl groups is 1. The van der Waals surface area contributed by atoms with Gasteiger partial charge in [0.05, 0.1) is 53.6 Å². The van der Waals surface area contributed by atoms with E-state index in [0.29, 0.717) is 16.5 Å². The monoisotopic (exact) mass is 568 g/mol. The standard InChI is InChI=1S/C21H22BrClN6O6/c22-15-3-11(23)2-14(19(15)34)16(4-18(32)33)29(17(31)5-24)20(35)10-1-12(7-25-6-10)28-21-26-8-13(30)9-27-21/h1-3,6-7,13,16,30,34H,4-5,8-9,24H2,(H,32,33)(H2,26,27,28). The summed E-state index contributed by atoms with van der Waals surface area (Å²) >= 11 is 9.22. The molecule has 1 aliphatic rings. The number of phenols is 1. The van der Waals surface area contributed by atoms with Crippen molar-refractivity contribution in [3.8, 4) is 5.75 Å². The highest BCUT2D eigenvalue weighted by Crippen LogP contribution is 2.39. The van der Waals surface area contributed by atoms with Crippen molar-refractivity contribution in [1.82, 2.24) is 15.2 Å². The van der Waals surface area contributed by atoms with Gasteiger partial charge in [0, 0.05) is 23.3 Å². The summed E-state index contributed by atoms with van der Waals surface area (Å²) < 4.78 is 0.154. The third-order valence-electron chi connectivity index (χ3n) is 4.97. The van der Waals surface area contributed by atoms with Crippen LogP contribution < -0.4 is 16.4 Å². The second-order valence-electron chi connectivity index (χ2n) is 7.52. The topological polar surface area (TPSA) is 190 Å². The molecule has 7 N–H and O–H groups in total. The van der Waals surface area contributed by atoms with Gasteiger partial charge in [-0.2, -0.15) is 0 Å². The van der Waals surface area contributed by atoms with Gasteiger partial charge in [-0.25, -0.2) is 0 Å².